The fraction of sp³-hybridized carbons (Fsp3) is 0.238. The molecule has 0 nitrogen and oxygen atoms in total. The van der Waals surface area contributed by atoms with Crippen LogP contribution in [0, 0.1) is 17.8 Å². The quantitative estimate of drug-likeness (QED) is 0.360. The lowest BCUT2D eigenvalue weighted by Gasteiger charge is -2.47. The Hall–Kier alpha value is -4.16. The molecule has 0 aliphatic heterocycles. The van der Waals surface area contributed by atoms with Gasteiger partial charge in [0, 0.05) is 11.8 Å². The maximum absolute atomic E-state index is 4.51. The summed E-state index contributed by atoms with van der Waals surface area (Å²) >= 11 is 0. The molecule has 4 atom stereocenters. The summed E-state index contributed by atoms with van der Waals surface area (Å²) in [5.41, 5.74) is 18.1. The maximum Gasteiger partial charge on any atom is 0.0679 e. The molecule has 0 amide bonds. The van der Waals surface area contributed by atoms with Gasteiger partial charge in [-0.05, 0) is 113 Å². The van der Waals surface area contributed by atoms with Crippen molar-refractivity contribution in [3.05, 3.63) is 167 Å². The minimum absolute atomic E-state index is 0.294. The molecule has 6 aliphatic rings. The highest BCUT2D eigenvalue weighted by Crippen LogP contribution is 2.68. The lowest BCUT2D eigenvalue weighted by atomic mass is 9.55. The summed E-state index contributed by atoms with van der Waals surface area (Å²) in [5.74, 6) is 1.51. The fourth-order valence-corrected chi connectivity index (χ4v) is 9.18. The molecular formula is C42H38. The molecule has 4 unspecified atom stereocenters. The number of allylic oxidation sites excluding steroid dienone is 18. The number of benzene rings is 2. The van der Waals surface area contributed by atoms with Crippen LogP contribution in [0.2, 0.25) is 0 Å². The van der Waals surface area contributed by atoms with Crippen LogP contribution in [0.5, 0.6) is 0 Å². The molecule has 0 bridgehead atoms. The van der Waals surface area contributed by atoms with Gasteiger partial charge in [0.15, 0.2) is 0 Å². The van der Waals surface area contributed by atoms with Crippen LogP contribution in [0.25, 0.3) is 22.3 Å². The van der Waals surface area contributed by atoms with E-state index in [9.17, 15) is 0 Å². The Labute approximate surface area is 251 Å². The molecule has 1 saturated carbocycles. The van der Waals surface area contributed by atoms with E-state index in [-0.39, 0.29) is 5.41 Å². The largest absolute Gasteiger partial charge is 0.0987 e. The fourth-order valence-electron chi connectivity index (χ4n) is 9.18. The van der Waals surface area contributed by atoms with Gasteiger partial charge in [0.2, 0.25) is 0 Å². The summed E-state index contributed by atoms with van der Waals surface area (Å²) in [4.78, 5) is 0. The molecule has 8 rings (SSSR count). The Morgan fingerprint density at radius 3 is 2.57 bits per heavy atom. The van der Waals surface area contributed by atoms with Gasteiger partial charge >= 0.3 is 0 Å². The van der Waals surface area contributed by atoms with E-state index in [0.29, 0.717) is 17.8 Å². The average molecular weight is 543 g/mol. The van der Waals surface area contributed by atoms with E-state index in [0.717, 1.165) is 31.3 Å². The second kappa shape index (κ2) is 9.43. The van der Waals surface area contributed by atoms with Crippen molar-refractivity contribution in [1.82, 2.24) is 0 Å². The first kappa shape index (κ1) is 25.5. The van der Waals surface area contributed by atoms with E-state index >= 15 is 0 Å². The summed E-state index contributed by atoms with van der Waals surface area (Å²) in [6.07, 6.45) is 28.3. The zero-order valence-corrected chi connectivity index (χ0v) is 24.8. The molecule has 42 heavy (non-hydrogen) atoms. The molecule has 0 aromatic heterocycles. The highest BCUT2D eigenvalue weighted by molar-refractivity contribution is 5.94. The van der Waals surface area contributed by atoms with Crippen molar-refractivity contribution in [2.24, 2.45) is 17.8 Å². The topological polar surface area (TPSA) is 0 Å². The number of hydrogen-bond acceptors (Lipinski definition) is 0. The summed E-state index contributed by atoms with van der Waals surface area (Å²) in [6.45, 7) is 12.9. The molecule has 206 valence electrons. The molecule has 0 heterocycles. The smallest absolute Gasteiger partial charge is 0.0679 e. The van der Waals surface area contributed by atoms with Crippen molar-refractivity contribution < 1.29 is 0 Å². The lowest BCUT2D eigenvalue weighted by Crippen LogP contribution is -2.39. The van der Waals surface area contributed by atoms with Crippen molar-refractivity contribution in [3.8, 4) is 11.1 Å². The Kier molecular flexibility index (Phi) is 5.73. The molecule has 6 aliphatic carbocycles. The van der Waals surface area contributed by atoms with E-state index < -0.39 is 0 Å². The van der Waals surface area contributed by atoms with Gasteiger partial charge in [-0.1, -0.05) is 121 Å². The van der Waals surface area contributed by atoms with E-state index in [1.807, 2.05) is 0 Å². The van der Waals surface area contributed by atoms with E-state index in [4.69, 9.17) is 0 Å². The van der Waals surface area contributed by atoms with Gasteiger partial charge in [-0.15, -0.1) is 0 Å². The summed E-state index contributed by atoms with van der Waals surface area (Å²) < 4.78 is 0. The number of hydrogen-bond donors (Lipinski definition) is 0. The molecule has 0 saturated heterocycles. The Morgan fingerprint density at radius 2 is 1.79 bits per heavy atom. The second-order valence-electron chi connectivity index (χ2n) is 12.7. The normalized spacial score (nSPS) is 28.3. The molecule has 0 N–H and O–H groups in total. The second-order valence-corrected chi connectivity index (χ2v) is 12.7. The Bertz CT molecular complexity index is 1820. The van der Waals surface area contributed by atoms with Crippen molar-refractivity contribution >= 4 is 11.1 Å². The van der Waals surface area contributed by atoms with Gasteiger partial charge in [-0.25, -0.2) is 0 Å². The number of fused-ring (bicyclic) bond motifs is 8. The van der Waals surface area contributed by atoms with Gasteiger partial charge < -0.3 is 0 Å². The highest BCUT2D eigenvalue weighted by atomic mass is 14.6. The summed E-state index contributed by atoms with van der Waals surface area (Å²) in [5, 5.41) is 0. The molecular weight excluding hydrogens is 504 g/mol. The van der Waals surface area contributed by atoms with E-state index in [1.54, 1.807) is 22.3 Å². The SMILES string of the molecule is C=CC1=C(/C=C\C)c2ccc(-c3ccc(C(=C)C)cc3)cc2C12C1=C(CCC=C1)C1C3=C2CCC=C3C2C=CC=CC21. The van der Waals surface area contributed by atoms with Crippen molar-refractivity contribution in [3.63, 3.8) is 0 Å². The predicted molar refractivity (Wildman–Crippen MR) is 179 cm³/mol. The number of rotatable bonds is 4. The molecule has 1 spiro atoms. The third-order valence-corrected chi connectivity index (χ3v) is 10.7. The first-order chi connectivity index (χ1) is 20.6. The Balaban J connectivity index is 1.45. The maximum atomic E-state index is 4.51. The highest BCUT2D eigenvalue weighted by Gasteiger charge is 2.58. The molecule has 0 heteroatoms. The van der Waals surface area contributed by atoms with Crippen LogP contribution in [0.4, 0.5) is 0 Å². The molecule has 2 aromatic rings. The first-order valence-electron chi connectivity index (χ1n) is 15.7. The lowest BCUT2D eigenvalue weighted by molar-refractivity contribution is 0.467. The zero-order valence-electron chi connectivity index (χ0n) is 24.8. The average Bonchev–Trinajstić information content (AvgIpc) is 3.51. The zero-order chi connectivity index (χ0) is 28.6. The molecule has 0 radical (unpaired) electrons. The monoisotopic (exact) mass is 542 g/mol. The van der Waals surface area contributed by atoms with Crippen LogP contribution in [-0.2, 0) is 5.41 Å². The van der Waals surface area contributed by atoms with Crippen molar-refractivity contribution in [1.29, 1.82) is 0 Å². The van der Waals surface area contributed by atoms with E-state index in [2.05, 4.69) is 130 Å². The van der Waals surface area contributed by atoms with Crippen LogP contribution >= 0.6 is 0 Å². The third kappa shape index (κ3) is 3.24. The van der Waals surface area contributed by atoms with Gasteiger partial charge in [0.05, 0.1) is 5.41 Å². The van der Waals surface area contributed by atoms with Crippen molar-refractivity contribution in [2.45, 2.75) is 44.9 Å². The van der Waals surface area contributed by atoms with Crippen LogP contribution in [0.15, 0.2) is 150 Å². The van der Waals surface area contributed by atoms with Gasteiger partial charge in [-0.3, -0.25) is 0 Å². The minimum Gasteiger partial charge on any atom is -0.0987 e. The van der Waals surface area contributed by atoms with E-state index in [1.165, 1.54) is 44.5 Å². The predicted octanol–water partition coefficient (Wildman–Crippen LogP) is 10.8. The van der Waals surface area contributed by atoms with Gasteiger partial charge in [0.25, 0.3) is 0 Å². The van der Waals surface area contributed by atoms with Gasteiger partial charge in [-0.2, -0.15) is 0 Å². The van der Waals surface area contributed by atoms with Crippen molar-refractivity contribution in [2.75, 3.05) is 0 Å². The van der Waals surface area contributed by atoms with Crippen LogP contribution in [-0.4, -0.2) is 0 Å². The molecule has 2 aromatic carbocycles. The summed E-state index contributed by atoms with van der Waals surface area (Å²) in [7, 11) is 0. The molecule has 1 fully saturated rings. The van der Waals surface area contributed by atoms with Crippen LogP contribution in [0.3, 0.4) is 0 Å². The van der Waals surface area contributed by atoms with Crippen LogP contribution < -0.4 is 0 Å². The van der Waals surface area contributed by atoms with Crippen LogP contribution in [0.1, 0.15) is 56.2 Å². The first-order valence-corrected chi connectivity index (χ1v) is 15.7. The third-order valence-electron chi connectivity index (χ3n) is 10.7. The minimum atomic E-state index is -0.294. The standard InChI is InChI=1S/C42H38/c1-5-12-31-32-24-23-29(28-21-19-27(20-22-28)26(3)4)25-39(32)42(36(31)6-2)37-17-10-9-15-35(37)40-33-14-8-7-13-30(33)34-16-11-18-38(42)41(34)40/h5-8,10,12-14,16-17,19-25,30,33,40H,2-3,9,11,15,18H2,1,4H3/b12-5-. The Morgan fingerprint density at radius 1 is 0.976 bits per heavy atom. The summed E-state index contributed by atoms with van der Waals surface area (Å²) in [6, 6.07) is 16.2. The van der Waals surface area contributed by atoms with Gasteiger partial charge in [0.1, 0.15) is 0 Å².